The number of nitrogen functional groups attached to an aromatic ring is 1. The smallest absolute Gasteiger partial charge is 0.352 e. The molecule has 1 fully saturated rings. The lowest BCUT2D eigenvalue weighted by atomic mass is 10.0. The van der Waals surface area contributed by atoms with Gasteiger partial charge in [-0.05, 0) is 12.5 Å². The Morgan fingerprint density at radius 3 is 2.89 bits per heavy atom. The number of nitrogens with one attached hydrogen (secondary N) is 1. The summed E-state index contributed by atoms with van der Waals surface area (Å²) in [6.45, 7) is 1.96. The van der Waals surface area contributed by atoms with Crippen LogP contribution >= 0.6 is 23.1 Å². The number of thioether (sulfide) groups is 1. The summed E-state index contributed by atoms with van der Waals surface area (Å²) in [6, 6.07) is -0.879. The maximum atomic E-state index is 12.7. The topological polar surface area (TPSA) is 173 Å². The SMILES string of the molecule is CC1=C(C(=O)O)N2C(=O)C(NC(=O)C(=NOCCN)c3csc(N)n3)[C@H]2SC1. The number of fused-ring (bicyclic) bond motifs is 1. The number of hydrogen-bond donors (Lipinski definition) is 4. The molecule has 2 amide bonds. The number of amides is 2. The van der Waals surface area contributed by atoms with E-state index in [0.717, 1.165) is 11.3 Å². The van der Waals surface area contributed by atoms with Gasteiger partial charge < -0.3 is 26.7 Å². The average molecular weight is 426 g/mol. The molecule has 0 bridgehead atoms. The molecule has 6 N–H and O–H groups in total. The molecule has 0 aromatic carbocycles. The normalized spacial score (nSPS) is 21.9. The van der Waals surface area contributed by atoms with E-state index in [-0.39, 0.29) is 35.4 Å². The number of carbonyl (C=O) groups excluding carboxylic acids is 2. The van der Waals surface area contributed by atoms with Gasteiger partial charge in [0.1, 0.15) is 29.4 Å². The third kappa shape index (κ3) is 3.68. The van der Waals surface area contributed by atoms with Gasteiger partial charge in [-0.2, -0.15) is 0 Å². The molecule has 0 aliphatic carbocycles. The molecule has 0 saturated carbocycles. The van der Waals surface area contributed by atoms with E-state index in [0.29, 0.717) is 11.3 Å². The largest absolute Gasteiger partial charge is 0.477 e. The number of nitrogens with zero attached hydrogens (tertiary/aromatic N) is 3. The minimum atomic E-state index is -1.17. The molecule has 2 atom stereocenters. The Hall–Kier alpha value is -2.64. The van der Waals surface area contributed by atoms with Crippen LogP contribution in [-0.2, 0) is 19.2 Å². The van der Waals surface area contributed by atoms with E-state index < -0.39 is 29.2 Å². The summed E-state index contributed by atoms with van der Waals surface area (Å²) >= 11 is 2.50. The fourth-order valence-electron chi connectivity index (χ4n) is 2.75. The zero-order valence-electron chi connectivity index (χ0n) is 14.7. The summed E-state index contributed by atoms with van der Waals surface area (Å²) in [5.74, 6) is -1.89. The molecule has 3 rings (SSSR count). The lowest BCUT2D eigenvalue weighted by molar-refractivity contribution is -0.150. The van der Waals surface area contributed by atoms with Crippen LogP contribution in [0.1, 0.15) is 12.6 Å². The highest BCUT2D eigenvalue weighted by Crippen LogP contribution is 2.40. The molecular weight excluding hydrogens is 408 g/mol. The Morgan fingerprint density at radius 2 is 2.29 bits per heavy atom. The second kappa shape index (κ2) is 8.16. The first-order valence-electron chi connectivity index (χ1n) is 8.15. The first kappa shape index (κ1) is 20.1. The summed E-state index contributed by atoms with van der Waals surface area (Å²) in [7, 11) is 0. The number of oxime groups is 1. The molecule has 1 aromatic rings. The van der Waals surface area contributed by atoms with Crippen LogP contribution < -0.4 is 16.8 Å². The van der Waals surface area contributed by atoms with Crippen molar-refractivity contribution in [3.05, 3.63) is 22.3 Å². The predicted molar refractivity (Wildman–Crippen MR) is 103 cm³/mol. The first-order chi connectivity index (χ1) is 13.3. The number of anilines is 1. The van der Waals surface area contributed by atoms with E-state index in [9.17, 15) is 19.5 Å². The van der Waals surface area contributed by atoms with E-state index in [2.05, 4.69) is 15.5 Å². The number of thiazole rings is 1. The van der Waals surface area contributed by atoms with E-state index >= 15 is 0 Å². The highest BCUT2D eigenvalue weighted by molar-refractivity contribution is 8.00. The van der Waals surface area contributed by atoms with Crippen molar-refractivity contribution in [2.24, 2.45) is 10.9 Å². The molecule has 13 heteroatoms. The van der Waals surface area contributed by atoms with Crippen molar-refractivity contribution >= 4 is 51.7 Å². The summed E-state index contributed by atoms with van der Waals surface area (Å²) < 4.78 is 0. The van der Waals surface area contributed by atoms with Gasteiger partial charge in [-0.3, -0.25) is 14.5 Å². The number of β-lactam (4-membered cyclic amide) rings is 1. The van der Waals surface area contributed by atoms with Gasteiger partial charge in [0, 0.05) is 17.7 Å². The summed E-state index contributed by atoms with van der Waals surface area (Å²) in [6.07, 6.45) is 0. The van der Waals surface area contributed by atoms with Gasteiger partial charge >= 0.3 is 5.97 Å². The van der Waals surface area contributed by atoms with Crippen LogP contribution in [0.4, 0.5) is 5.13 Å². The fourth-order valence-corrected chi connectivity index (χ4v) is 4.59. The number of rotatable bonds is 7. The Balaban J connectivity index is 1.77. The lowest BCUT2D eigenvalue weighted by Gasteiger charge is -2.49. The fraction of sp³-hybridized carbons (Fsp3) is 0.400. The van der Waals surface area contributed by atoms with Crippen molar-refractivity contribution < 1.29 is 24.3 Å². The van der Waals surface area contributed by atoms with Crippen molar-refractivity contribution in [2.75, 3.05) is 24.6 Å². The van der Waals surface area contributed by atoms with Crippen LogP contribution in [0.2, 0.25) is 0 Å². The van der Waals surface area contributed by atoms with Gasteiger partial charge in [0.25, 0.3) is 11.8 Å². The Morgan fingerprint density at radius 1 is 1.54 bits per heavy atom. The molecule has 1 unspecified atom stereocenters. The Kier molecular flexibility index (Phi) is 5.86. The molecule has 11 nitrogen and oxygen atoms in total. The zero-order chi connectivity index (χ0) is 20.4. The summed E-state index contributed by atoms with van der Waals surface area (Å²) in [5, 5.41) is 17.0. The Bertz CT molecular complexity index is 882. The molecule has 0 spiro atoms. The highest BCUT2D eigenvalue weighted by Gasteiger charge is 2.54. The second-order valence-electron chi connectivity index (χ2n) is 5.93. The summed E-state index contributed by atoms with van der Waals surface area (Å²) in [4.78, 5) is 46.9. The molecule has 3 heterocycles. The average Bonchev–Trinajstić information content (AvgIpc) is 3.08. The van der Waals surface area contributed by atoms with Crippen LogP contribution in [0.5, 0.6) is 0 Å². The number of carboxylic acids is 1. The maximum Gasteiger partial charge on any atom is 0.352 e. The molecule has 150 valence electrons. The number of aromatic nitrogens is 1. The third-order valence-electron chi connectivity index (χ3n) is 3.99. The number of aliphatic carboxylic acids is 1. The Labute approximate surface area is 167 Å². The van der Waals surface area contributed by atoms with E-state index in [1.165, 1.54) is 16.7 Å². The van der Waals surface area contributed by atoms with Gasteiger partial charge in [0.2, 0.25) is 0 Å². The van der Waals surface area contributed by atoms with Gasteiger partial charge in [-0.15, -0.1) is 23.1 Å². The van der Waals surface area contributed by atoms with Crippen LogP contribution in [0.25, 0.3) is 0 Å². The second-order valence-corrected chi connectivity index (χ2v) is 7.92. The van der Waals surface area contributed by atoms with Gasteiger partial charge in [0.05, 0.1) is 0 Å². The molecular formula is C15H18N6O5S2. The molecule has 28 heavy (non-hydrogen) atoms. The summed E-state index contributed by atoms with van der Waals surface area (Å²) in [5.41, 5.74) is 11.6. The van der Waals surface area contributed by atoms with Gasteiger partial charge in [0.15, 0.2) is 10.8 Å². The van der Waals surface area contributed by atoms with Crippen LogP contribution in [0.15, 0.2) is 21.8 Å². The number of hydrogen-bond acceptors (Lipinski definition) is 10. The van der Waals surface area contributed by atoms with Crippen LogP contribution in [-0.4, -0.2) is 68.8 Å². The lowest BCUT2D eigenvalue weighted by Crippen LogP contribution is -2.71. The van der Waals surface area contributed by atoms with Crippen molar-refractivity contribution in [3.63, 3.8) is 0 Å². The standard InChI is InChI=1S/C15H18N6O5S2/c1-6-4-27-13-9(12(23)21(13)10(6)14(24)25)19-11(22)8(20-26-3-2-16)7-5-28-15(17)18-7/h5,9,13H,2-4,16H2,1H3,(H2,17,18)(H,19,22)(H,24,25)/t9?,13-/m1/s1. The first-order valence-corrected chi connectivity index (χ1v) is 10.1. The van der Waals surface area contributed by atoms with Crippen LogP contribution in [0.3, 0.4) is 0 Å². The number of carboxylic acid groups (broad SMARTS) is 1. The molecule has 0 radical (unpaired) electrons. The maximum absolute atomic E-state index is 12.7. The quantitative estimate of drug-likeness (QED) is 0.188. The third-order valence-corrected chi connectivity index (χ3v) is 6.09. The predicted octanol–water partition coefficient (Wildman–Crippen LogP) is -0.837. The van der Waals surface area contributed by atoms with Crippen molar-refractivity contribution in [2.45, 2.75) is 18.3 Å². The number of nitrogens with two attached hydrogens (primary N) is 2. The van der Waals surface area contributed by atoms with Crippen molar-refractivity contribution in [1.29, 1.82) is 0 Å². The van der Waals surface area contributed by atoms with Gasteiger partial charge in [-0.1, -0.05) is 5.16 Å². The molecule has 1 saturated heterocycles. The zero-order valence-corrected chi connectivity index (χ0v) is 16.4. The van der Waals surface area contributed by atoms with E-state index in [1.54, 1.807) is 12.3 Å². The minimum absolute atomic E-state index is 0.0355. The monoisotopic (exact) mass is 426 g/mol. The molecule has 1 aromatic heterocycles. The van der Waals surface area contributed by atoms with Crippen molar-refractivity contribution in [3.8, 4) is 0 Å². The molecule has 2 aliphatic heterocycles. The number of carbonyl (C=O) groups is 3. The van der Waals surface area contributed by atoms with E-state index in [4.69, 9.17) is 16.3 Å². The van der Waals surface area contributed by atoms with Gasteiger partial charge in [-0.25, -0.2) is 9.78 Å². The van der Waals surface area contributed by atoms with Crippen molar-refractivity contribution in [1.82, 2.24) is 15.2 Å². The van der Waals surface area contributed by atoms with Crippen LogP contribution in [0, 0.1) is 0 Å². The highest BCUT2D eigenvalue weighted by atomic mass is 32.2. The molecule has 2 aliphatic rings. The minimum Gasteiger partial charge on any atom is -0.477 e. The van der Waals surface area contributed by atoms with E-state index in [1.807, 2.05) is 0 Å².